The van der Waals surface area contributed by atoms with Crippen LogP contribution in [0.15, 0.2) is 11.1 Å². The largest absolute Gasteiger partial charge is 0.469 e. The van der Waals surface area contributed by atoms with E-state index in [0.29, 0.717) is 0 Å². The number of hydrogen-bond donors (Lipinski definition) is 6. The highest BCUT2D eigenvalue weighted by Gasteiger charge is 2.45. The van der Waals surface area contributed by atoms with Crippen molar-refractivity contribution in [1.29, 1.82) is 0 Å². The minimum absolute atomic E-state index is 0.0176. The van der Waals surface area contributed by atoms with E-state index >= 15 is 0 Å². The first-order chi connectivity index (χ1) is 11.2. The lowest BCUT2D eigenvalue weighted by atomic mass is 10.1. The molecule has 14 heteroatoms. The Morgan fingerprint density at radius 2 is 2.12 bits per heavy atom. The first kappa shape index (κ1) is 17.0. The molecule has 4 atom stereocenters. The van der Waals surface area contributed by atoms with Crippen molar-refractivity contribution >= 4 is 24.9 Å². The maximum absolute atomic E-state index is 11.7. The van der Waals surface area contributed by atoms with Gasteiger partial charge in [-0.25, -0.2) is 9.55 Å². The zero-order valence-electron chi connectivity index (χ0n) is 11.9. The van der Waals surface area contributed by atoms with Crippen LogP contribution in [0.3, 0.4) is 0 Å². The number of rotatable bonds is 4. The standard InChI is InChI=1S/C10H14N5O8P/c11-10-13-7-4(8(18)14-10)12-2-15(7)9-6(17)5(16)3(23-9)1-22-24(19,20)21/h2-3,5-6,9,16-17H,1H2,(H2,19,20,21)(H3,11,13,14,18)/t3-,5+,6-,9-/m0/s1. The first-order valence-corrected chi connectivity index (χ1v) is 8.14. The molecule has 1 saturated heterocycles. The van der Waals surface area contributed by atoms with Crippen LogP contribution in [0.2, 0.25) is 0 Å². The van der Waals surface area contributed by atoms with Crippen molar-refractivity contribution in [2.24, 2.45) is 0 Å². The average Bonchev–Trinajstić information content (AvgIpc) is 3.00. The van der Waals surface area contributed by atoms with Crippen LogP contribution in [-0.4, -0.2) is 64.4 Å². The van der Waals surface area contributed by atoms with Gasteiger partial charge in [0.2, 0.25) is 5.95 Å². The number of nitrogens with zero attached hydrogens (tertiary/aromatic N) is 3. The van der Waals surface area contributed by atoms with Crippen LogP contribution in [0, 0.1) is 0 Å². The molecule has 0 radical (unpaired) electrons. The molecule has 3 heterocycles. The molecule has 2 aromatic heterocycles. The Balaban J connectivity index is 1.90. The molecule has 2 aromatic rings. The van der Waals surface area contributed by atoms with E-state index in [4.69, 9.17) is 20.3 Å². The van der Waals surface area contributed by atoms with Crippen LogP contribution >= 0.6 is 7.82 Å². The Morgan fingerprint density at radius 1 is 1.42 bits per heavy atom. The zero-order valence-corrected chi connectivity index (χ0v) is 12.8. The number of phosphoric ester groups is 1. The number of nitrogens with one attached hydrogen (secondary N) is 1. The summed E-state index contributed by atoms with van der Waals surface area (Å²) in [6.07, 6.45) is -4.22. The normalized spacial score (nSPS) is 27.8. The fourth-order valence-electron chi connectivity index (χ4n) is 2.40. The third-order valence-corrected chi connectivity index (χ3v) is 3.95. The Labute approximate surface area is 132 Å². The second kappa shape index (κ2) is 5.89. The number of nitrogens with two attached hydrogens (primary N) is 1. The van der Waals surface area contributed by atoms with E-state index in [1.54, 1.807) is 0 Å². The number of aromatic amines is 1. The molecule has 0 amide bonds. The molecule has 7 N–H and O–H groups in total. The van der Waals surface area contributed by atoms with Crippen LogP contribution < -0.4 is 11.3 Å². The van der Waals surface area contributed by atoms with E-state index < -0.39 is 44.5 Å². The van der Waals surface area contributed by atoms with Crippen LogP contribution in [0.4, 0.5) is 5.95 Å². The number of nitrogen functional groups attached to an aromatic ring is 1. The van der Waals surface area contributed by atoms with Crippen molar-refractivity contribution in [3.05, 3.63) is 16.7 Å². The Hall–Kier alpha value is -1.86. The average molecular weight is 363 g/mol. The lowest BCUT2D eigenvalue weighted by Crippen LogP contribution is -2.33. The number of imidazole rings is 1. The van der Waals surface area contributed by atoms with Crippen LogP contribution in [0.25, 0.3) is 11.2 Å². The molecule has 1 aliphatic rings. The summed E-state index contributed by atoms with van der Waals surface area (Å²) in [7, 11) is -4.76. The van der Waals surface area contributed by atoms with Crippen molar-refractivity contribution < 1.29 is 33.8 Å². The highest BCUT2D eigenvalue weighted by atomic mass is 31.2. The summed E-state index contributed by atoms with van der Waals surface area (Å²) in [4.78, 5) is 39.1. The Morgan fingerprint density at radius 3 is 2.79 bits per heavy atom. The van der Waals surface area contributed by atoms with Crippen molar-refractivity contribution in [3.63, 3.8) is 0 Å². The molecule has 0 aromatic carbocycles. The number of H-pyrrole nitrogens is 1. The van der Waals surface area contributed by atoms with Gasteiger partial charge in [0.25, 0.3) is 5.56 Å². The summed E-state index contributed by atoms with van der Waals surface area (Å²) < 4.78 is 21.6. The topological polar surface area (TPSA) is 206 Å². The summed E-state index contributed by atoms with van der Waals surface area (Å²) >= 11 is 0. The molecular weight excluding hydrogens is 349 g/mol. The number of fused-ring (bicyclic) bond motifs is 1. The van der Waals surface area contributed by atoms with Crippen molar-refractivity contribution in [2.75, 3.05) is 12.3 Å². The SMILES string of the molecule is Nc1nc2c(ncn2[C@H]2O[C@@H](COP(=O)(O)O)[C@@H](O)[C@@H]2O)c(=O)[nH]1. The second-order valence-electron chi connectivity index (χ2n) is 5.11. The maximum Gasteiger partial charge on any atom is 0.469 e. The third-order valence-electron chi connectivity index (χ3n) is 3.47. The summed E-state index contributed by atoms with van der Waals surface area (Å²) in [6, 6.07) is 0. The fraction of sp³-hybridized carbons (Fsp3) is 0.500. The molecule has 0 saturated carbocycles. The van der Waals surface area contributed by atoms with Crippen LogP contribution in [0.5, 0.6) is 0 Å². The third kappa shape index (κ3) is 3.06. The number of hydrogen-bond acceptors (Lipinski definition) is 9. The minimum Gasteiger partial charge on any atom is -0.387 e. The molecule has 24 heavy (non-hydrogen) atoms. The van der Waals surface area contributed by atoms with Gasteiger partial charge in [-0.2, -0.15) is 4.98 Å². The maximum atomic E-state index is 11.7. The van der Waals surface area contributed by atoms with Crippen LogP contribution in [0.1, 0.15) is 6.23 Å². The van der Waals surface area contributed by atoms with Gasteiger partial charge in [-0.05, 0) is 0 Å². The van der Waals surface area contributed by atoms with Gasteiger partial charge in [0.05, 0.1) is 12.9 Å². The quantitative estimate of drug-likeness (QED) is 0.311. The Bertz CT molecular complexity index is 861. The van der Waals surface area contributed by atoms with Gasteiger partial charge < -0.3 is 30.5 Å². The van der Waals surface area contributed by atoms with Gasteiger partial charge in [0, 0.05) is 0 Å². The number of phosphoric acid groups is 1. The predicted molar refractivity (Wildman–Crippen MR) is 76.5 cm³/mol. The summed E-state index contributed by atoms with van der Waals surface area (Å²) in [6.45, 7) is -0.651. The second-order valence-corrected chi connectivity index (χ2v) is 6.35. The number of aliphatic hydroxyl groups excluding tert-OH is 2. The minimum atomic E-state index is -4.76. The highest BCUT2D eigenvalue weighted by Crippen LogP contribution is 2.38. The molecule has 1 fully saturated rings. The molecule has 13 nitrogen and oxygen atoms in total. The first-order valence-electron chi connectivity index (χ1n) is 6.61. The van der Waals surface area contributed by atoms with Gasteiger partial charge in [-0.15, -0.1) is 0 Å². The Kier molecular flexibility index (Phi) is 4.17. The monoisotopic (exact) mass is 363 g/mol. The summed E-state index contributed by atoms with van der Waals surface area (Å²) in [5.41, 5.74) is 4.84. The smallest absolute Gasteiger partial charge is 0.387 e. The lowest BCUT2D eigenvalue weighted by molar-refractivity contribution is -0.0503. The van der Waals surface area contributed by atoms with E-state index in [2.05, 4.69) is 19.5 Å². The van der Waals surface area contributed by atoms with Crippen molar-refractivity contribution in [2.45, 2.75) is 24.5 Å². The van der Waals surface area contributed by atoms with E-state index in [1.807, 2.05) is 0 Å². The molecule has 0 aliphatic carbocycles. The molecule has 0 bridgehead atoms. The van der Waals surface area contributed by atoms with Crippen LogP contribution in [-0.2, 0) is 13.8 Å². The fourth-order valence-corrected chi connectivity index (χ4v) is 2.74. The molecule has 0 spiro atoms. The number of ether oxygens (including phenoxy) is 1. The molecule has 1 aliphatic heterocycles. The molecule has 132 valence electrons. The molecular formula is C10H14N5O8P. The highest BCUT2D eigenvalue weighted by molar-refractivity contribution is 7.46. The zero-order chi connectivity index (χ0) is 17.6. The van der Waals surface area contributed by atoms with Crippen molar-refractivity contribution in [3.8, 4) is 0 Å². The van der Waals surface area contributed by atoms with E-state index in [0.717, 1.165) is 0 Å². The van der Waals surface area contributed by atoms with E-state index in [-0.39, 0.29) is 17.1 Å². The van der Waals surface area contributed by atoms with E-state index in [9.17, 15) is 19.6 Å². The lowest BCUT2D eigenvalue weighted by Gasteiger charge is -2.16. The molecule has 3 rings (SSSR count). The van der Waals surface area contributed by atoms with Gasteiger partial charge in [0.15, 0.2) is 17.4 Å². The number of aromatic nitrogens is 4. The van der Waals surface area contributed by atoms with Gasteiger partial charge in [-0.1, -0.05) is 0 Å². The van der Waals surface area contributed by atoms with Crippen molar-refractivity contribution in [1.82, 2.24) is 19.5 Å². The van der Waals surface area contributed by atoms with Gasteiger partial charge in [-0.3, -0.25) is 18.9 Å². The summed E-state index contributed by atoms with van der Waals surface area (Å²) in [5.74, 6) is -0.177. The molecule has 0 unspecified atom stereocenters. The van der Waals surface area contributed by atoms with Gasteiger partial charge in [0.1, 0.15) is 18.3 Å². The number of aliphatic hydroxyl groups is 2. The van der Waals surface area contributed by atoms with E-state index in [1.165, 1.54) is 10.9 Å². The predicted octanol–water partition coefficient (Wildman–Crippen LogP) is -2.57. The number of anilines is 1. The van der Waals surface area contributed by atoms with Gasteiger partial charge >= 0.3 is 7.82 Å². The summed E-state index contributed by atoms with van der Waals surface area (Å²) in [5, 5.41) is 20.1.